The van der Waals surface area contributed by atoms with Gasteiger partial charge in [-0.1, -0.05) is 25.3 Å². The second-order valence-electron chi connectivity index (χ2n) is 6.71. The van der Waals surface area contributed by atoms with Gasteiger partial charge >= 0.3 is 0 Å². The van der Waals surface area contributed by atoms with Crippen molar-refractivity contribution in [3.8, 4) is 0 Å². The lowest BCUT2D eigenvalue weighted by molar-refractivity contribution is 0.0281. The first-order chi connectivity index (χ1) is 11.3. The molecule has 0 amide bonds. The van der Waals surface area contributed by atoms with Gasteiger partial charge in [0.25, 0.3) is 0 Å². The maximum Gasteiger partial charge on any atom is 0.193 e. The molecule has 134 valence electrons. The van der Waals surface area contributed by atoms with Crippen molar-refractivity contribution in [1.82, 2.24) is 0 Å². The number of rotatable bonds is 6. The number of anilines is 1. The first-order valence-corrected chi connectivity index (χ1v) is 9.11. The summed E-state index contributed by atoms with van der Waals surface area (Å²) in [4.78, 5) is 4.40. The summed E-state index contributed by atoms with van der Waals surface area (Å²) in [5.41, 5.74) is 9.95. The zero-order chi connectivity index (χ0) is 15.9. The van der Waals surface area contributed by atoms with Crippen LogP contribution in [0.2, 0.25) is 0 Å². The number of ether oxygens (including phenoxy) is 1. The molecule has 5 heteroatoms. The van der Waals surface area contributed by atoms with Crippen LogP contribution in [0.1, 0.15) is 56.1 Å². The zero-order valence-corrected chi connectivity index (χ0v) is 16.8. The van der Waals surface area contributed by atoms with Crippen LogP contribution in [0.15, 0.2) is 23.2 Å². The summed E-state index contributed by atoms with van der Waals surface area (Å²) < 4.78 is 5.90. The van der Waals surface area contributed by atoms with E-state index in [9.17, 15) is 0 Å². The van der Waals surface area contributed by atoms with Gasteiger partial charge in [0.1, 0.15) is 0 Å². The molecule has 0 spiro atoms. The number of aliphatic imine (C=N–C) groups is 1. The molecule has 0 heterocycles. The molecule has 1 aromatic carbocycles. The fourth-order valence-electron chi connectivity index (χ4n) is 3.58. The molecule has 0 radical (unpaired) electrons. The second kappa shape index (κ2) is 10.2. The van der Waals surface area contributed by atoms with Crippen LogP contribution in [0.3, 0.4) is 0 Å². The molecule has 1 aromatic rings. The highest BCUT2D eigenvalue weighted by molar-refractivity contribution is 14.0. The van der Waals surface area contributed by atoms with Crippen LogP contribution in [-0.4, -0.2) is 25.2 Å². The first kappa shape index (κ1) is 19.5. The number of aryl methyl sites for hydroxylation is 2. The molecule has 0 aromatic heterocycles. The smallest absolute Gasteiger partial charge is 0.193 e. The highest BCUT2D eigenvalue weighted by Crippen LogP contribution is 2.24. The Morgan fingerprint density at radius 3 is 2.75 bits per heavy atom. The summed E-state index contributed by atoms with van der Waals surface area (Å²) in [7, 11) is 0. The van der Waals surface area contributed by atoms with E-state index in [1.165, 1.54) is 62.5 Å². The van der Waals surface area contributed by atoms with Gasteiger partial charge < -0.3 is 15.8 Å². The second-order valence-corrected chi connectivity index (χ2v) is 6.71. The number of hydrogen-bond donors (Lipinski definition) is 2. The van der Waals surface area contributed by atoms with Crippen molar-refractivity contribution in [1.29, 1.82) is 0 Å². The van der Waals surface area contributed by atoms with E-state index in [1.54, 1.807) is 0 Å². The Labute approximate surface area is 162 Å². The number of guanidine groups is 1. The fraction of sp³-hybridized carbons (Fsp3) is 0.632. The number of nitrogens with one attached hydrogen (secondary N) is 1. The Balaban J connectivity index is 0.00000208. The summed E-state index contributed by atoms with van der Waals surface area (Å²) in [6.45, 7) is 1.51. The third-order valence-electron chi connectivity index (χ3n) is 4.86. The van der Waals surface area contributed by atoms with Gasteiger partial charge in [-0.15, -0.1) is 24.0 Å². The van der Waals surface area contributed by atoms with Crippen molar-refractivity contribution < 1.29 is 4.74 Å². The largest absolute Gasteiger partial charge is 0.378 e. The molecule has 2 aliphatic rings. The maximum atomic E-state index is 5.97. The van der Waals surface area contributed by atoms with E-state index in [1.807, 2.05) is 0 Å². The number of halogens is 1. The van der Waals surface area contributed by atoms with Gasteiger partial charge in [-0.25, -0.2) is 0 Å². The quantitative estimate of drug-likeness (QED) is 0.299. The SMILES string of the molecule is I.NC(=NCCCOC1CCCCC1)Nc1ccc2c(c1)CCC2. The van der Waals surface area contributed by atoms with E-state index in [0.29, 0.717) is 12.1 Å². The van der Waals surface area contributed by atoms with E-state index in [2.05, 4.69) is 28.5 Å². The molecule has 2 aliphatic carbocycles. The minimum atomic E-state index is 0. The third kappa shape index (κ3) is 5.92. The van der Waals surface area contributed by atoms with Crippen LogP contribution < -0.4 is 11.1 Å². The average Bonchev–Trinajstić information content (AvgIpc) is 3.03. The van der Waals surface area contributed by atoms with Crippen LogP contribution >= 0.6 is 24.0 Å². The van der Waals surface area contributed by atoms with Crippen LogP contribution in [0.4, 0.5) is 5.69 Å². The molecule has 0 aliphatic heterocycles. The van der Waals surface area contributed by atoms with E-state index >= 15 is 0 Å². The van der Waals surface area contributed by atoms with E-state index in [-0.39, 0.29) is 24.0 Å². The summed E-state index contributed by atoms with van der Waals surface area (Å²) in [6.07, 6.45) is 11.5. The van der Waals surface area contributed by atoms with Gasteiger partial charge in [0.2, 0.25) is 0 Å². The standard InChI is InChI=1S/C19H29N3O.HI/c20-19(21-12-5-13-23-18-8-2-1-3-9-18)22-17-11-10-15-6-4-7-16(15)14-17;/h10-11,14,18H,1-9,12-13H2,(H3,20,21,22);1H. The monoisotopic (exact) mass is 443 g/mol. The maximum absolute atomic E-state index is 5.97. The lowest BCUT2D eigenvalue weighted by Crippen LogP contribution is -2.23. The lowest BCUT2D eigenvalue weighted by atomic mass is 9.98. The molecule has 0 bridgehead atoms. The third-order valence-corrected chi connectivity index (χ3v) is 4.86. The van der Waals surface area contributed by atoms with Crippen molar-refractivity contribution in [3.05, 3.63) is 29.3 Å². The van der Waals surface area contributed by atoms with Gasteiger partial charge in [0, 0.05) is 18.8 Å². The first-order valence-electron chi connectivity index (χ1n) is 9.11. The molecular formula is C19H30IN3O. The van der Waals surface area contributed by atoms with Gasteiger partial charge in [0.15, 0.2) is 5.96 Å². The fourth-order valence-corrected chi connectivity index (χ4v) is 3.58. The molecule has 3 N–H and O–H groups in total. The lowest BCUT2D eigenvalue weighted by Gasteiger charge is -2.21. The van der Waals surface area contributed by atoms with Crippen LogP contribution in [-0.2, 0) is 17.6 Å². The van der Waals surface area contributed by atoms with Gasteiger partial charge in [-0.3, -0.25) is 4.99 Å². The number of nitrogens with two attached hydrogens (primary N) is 1. The number of nitrogens with zero attached hydrogens (tertiary/aromatic N) is 1. The minimum Gasteiger partial charge on any atom is -0.378 e. The Bertz CT molecular complexity index is 541. The molecule has 3 rings (SSSR count). The Morgan fingerprint density at radius 2 is 1.92 bits per heavy atom. The minimum absolute atomic E-state index is 0. The zero-order valence-electron chi connectivity index (χ0n) is 14.4. The molecular weight excluding hydrogens is 413 g/mol. The van der Waals surface area contributed by atoms with Gasteiger partial charge in [-0.2, -0.15) is 0 Å². The number of hydrogen-bond acceptors (Lipinski definition) is 2. The van der Waals surface area contributed by atoms with E-state index < -0.39 is 0 Å². The van der Waals surface area contributed by atoms with Crippen molar-refractivity contribution in [2.75, 3.05) is 18.5 Å². The summed E-state index contributed by atoms with van der Waals surface area (Å²) in [6, 6.07) is 6.51. The van der Waals surface area contributed by atoms with Crippen molar-refractivity contribution in [2.24, 2.45) is 10.7 Å². The molecule has 0 unspecified atom stereocenters. The van der Waals surface area contributed by atoms with Crippen molar-refractivity contribution >= 4 is 35.6 Å². The van der Waals surface area contributed by atoms with Crippen LogP contribution in [0, 0.1) is 0 Å². The Kier molecular flexibility index (Phi) is 8.32. The van der Waals surface area contributed by atoms with Crippen molar-refractivity contribution in [3.63, 3.8) is 0 Å². The molecule has 1 fully saturated rings. The molecule has 0 atom stereocenters. The topological polar surface area (TPSA) is 59.6 Å². The molecule has 24 heavy (non-hydrogen) atoms. The summed E-state index contributed by atoms with van der Waals surface area (Å²) in [5.74, 6) is 0.501. The van der Waals surface area contributed by atoms with Crippen LogP contribution in [0.25, 0.3) is 0 Å². The normalized spacial score (nSPS) is 18.1. The summed E-state index contributed by atoms with van der Waals surface area (Å²) >= 11 is 0. The summed E-state index contributed by atoms with van der Waals surface area (Å²) in [5, 5.41) is 3.20. The average molecular weight is 443 g/mol. The number of fused-ring (bicyclic) bond motifs is 1. The highest BCUT2D eigenvalue weighted by Gasteiger charge is 2.13. The van der Waals surface area contributed by atoms with Gasteiger partial charge in [0.05, 0.1) is 6.10 Å². The predicted molar refractivity (Wildman–Crippen MR) is 111 cm³/mol. The Hall–Kier alpha value is -0.820. The van der Waals surface area contributed by atoms with Crippen LogP contribution in [0.5, 0.6) is 0 Å². The van der Waals surface area contributed by atoms with Gasteiger partial charge in [-0.05, 0) is 61.8 Å². The van der Waals surface area contributed by atoms with Crippen molar-refractivity contribution in [2.45, 2.75) is 63.9 Å². The molecule has 0 saturated heterocycles. The van der Waals surface area contributed by atoms with E-state index in [4.69, 9.17) is 10.5 Å². The predicted octanol–water partition coefficient (Wildman–Crippen LogP) is 4.26. The highest BCUT2D eigenvalue weighted by atomic mass is 127. The molecule has 1 saturated carbocycles. The number of benzene rings is 1. The Morgan fingerprint density at radius 1 is 1.12 bits per heavy atom. The van der Waals surface area contributed by atoms with E-state index in [0.717, 1.165) is 25.3 Å². The molecule has 4 nitrogen and oxygen atoms in total.